The van der Waals surface area contributed by atoms with Gasteiger partial charge in [-0.25, -0.2) is 4.79 Å². The summed E-state index contributed by atoms with van der Waals surface area (Å²) in [7, 11) is 0. The van der Waals surface area contributed by atoms with Crippen molar-refractivity contribution in [2.45, 2.75) is 12.8 Å². The van der Waals surface area contributed by atoms with Gasteiger partial charge in [0, 0.05) is 54.4 Å². The van der Waals surface area contributed by atoms with Crippen LogP contribution in [0.2, 0.25) is 0 Å². The first kappa shape index (κ1) is 20.2. The Labute approximate surface area is 185 Å². The maximum absolute atomic E-state index is 11.1. The van der Waals surface area contributed by atoms with Crippen LogP contribution in [0.1, 0.15) is 28.1 Å². The van der Waals surface area contributed by atoms with E-state index in [9.17, 15) is 10.1 Å². The van der Waals surface area contributed by atoms with Crippen molar-refractivity contribution in [3.05, 3.63) is 65.5 Å². The lowest BCUT2D eigenvalue weighted by atomic mass is 10.1. The Morgan fingerprint density at radius 2 is 1.97 bits per heavy atom. The van der Waals surface area contributed by atoms with E-state index in [2.05, 4.69) is 39.1 Å². The summed E-state index contributed by atoms with van der Waals surface area (Å²) in [6.07, 6.45) is 3.84. The van der Waals surface area contributed by atoms with E-state index in [0.29, 0.717) is 11.1 Å². The van der Waals surface area contributed by atoms with E-state index in [4.69, 9.17) is 9.52 Å². The minimum absolute atomic E-state index is 0.0264. The molecule has 0 atom stereocenters. The molecule has 0 spiro atoms. The third kappa shape index (κ3) is 3.93. The number of hydrogen-bond donors (Lipinski definition) is 2. The Hall–Kier alpha value is -3.76. The second kappa shape index (κ2) is 8.40. The molecule has 162 valence electrons. The van der Waals surface area contributed by atoms with Crippen LogP contribution in [0.5, 0.6) is 0 Å². The number of benzene rings is 2. The minimum atomic E-state index is -1.05. The molecular formula is C25H24N4O3. The average molecular weight is 428 g/mol. The number of carboxylic acids is 1. The molecule has 3 heterocycles. The topological polar surface area (TPSA) is 96.5 Å². The molecule has 4 aromatic rings. The summed E-state index contributed by atoms with van der Waals surface area (Å²) >= 11 is 0. The molecule has 1 aliphatic rings. The fourth-order valence-corrected chi connectivity index (χ4v) is 4.49. The zero-order chi connectivity index (χ0) is 22.1. The molecule has 2 aromatic heterocycles. The number of carbonyl (C=O) groups is 1. The Morgan fingerprint density at radius 3 is 2.75 bits per heavy atom. The molecule has 5 rings (SSSR count). The zero-order valence-corrected chi connectivity index (χ0v) is 17.7. The second-order valence-corrected chi connectivity index (χ2v) is 8.26. The highest BCUT2D eigenvalue weighted by Crippen LogP contribution is 2.26. The number of aromatic amines is 1. The molecule has 2 N–H and O–H groups in total. The van der Waals surface area contributed by atoms with Crippen LogP contribution >= 0.6 is 0 Å². The summed E-state index contributed by atoms with van der Waals surface area (Å²) in [6, 6.07) is 16.0. The standard InChI is InChI=1S/C25H24N4O3/c26-15-19-16-27-22-5-3-17(12-21(19)22)2-1-7-28-8-10-29(11-9-28)20-4-6-23-18(13-20)14-24(32-23)25(30)31/h3-6,12-14,16,27H,1-2,7-11H2,(H,30,31). The summed E-state index contributed by atoms with van der Waals surface area (Å²) in [5.74, 6) is -1.07. The van der Waals surface area contributed by atoms with E-state index in [-0.39, 0.29) is 5.76 Å². The number of carboxylic acid groups (broad SMARTS) is 1. The Balaban J connectivity index is 1.15. The molecule has 7 heteroatoms. The summed E-state index contributed by atoms with van der Waals surface area (Å²) in [5.41, 5.74) is 4.67. The first-order chi connectivity index (χ1) is 15.6. The average Bonchev–Trinajstić information content (AvgIpc) is 3.43. The summed E-state index contributed by atoms with van der Waals surface area (Å²) in [4.78, 5) is 19.1. The van der Waals surface area contributed by atoms with Crippen molar-refractivity contribution in [3.63, 3.8) is 0 Å². The highest BCUT2D eigenvalue weighted by molar-refractivity contribution is 5.92. The first-order valence-electron chi connectivity index (χ1n) is 10.8. The van der Waals surface area contributed by atoms with Crippen LogP contribution in [0, 0.1) is 11.3 Å². The fourth-order valence-electron chi connectivity index (χ4n) is 4.49. The van der Waals surface area contributed by atoms with Crippen molar-refractivity contribution in [2.75, 3.05) is 37.6 Å². The van der Waals surface area contributed by atoms with Crippen LogP contribution in [-0.4, -0.2) is 53.7 Å². The van der Waals surface area contributed by atoms with E-state index in [1.165, 1.54) is 5.56 Å². The van der Waals surface area contributed by atoms with Gasteiger partial charge in [-0.1, -0.05) is 6.07 Å². The molecular weight excluding hydrogens is 404 g/mol. The lowest BCUT2D eigenvalue weighted by Gasteiger charge is -2.36. The number of nitrogens with one attached hydrogen (secondary N) is 1. The smallest absolute Gasteiger partial charge is 0.371 e. The number of aryl methyl sites for hydroxylation is 1. The van der Waals surface area contributed by atoms with Gasteiger partial charge in [-0.15, -0.1) is 0 Å². The third-order valence-electron chi connectivity index (χ3n) is 6.25. The van der Waals surface area contributed by atoms with Gasteiger partial charge in [-0.3, -0.25) is 4.90 Å². The quantitative estimate of drug-likeness (QED) is 0.477. The molecule has 2 aromatic carbocycles. The largest absolute Gasteiger partial charge is 0.475 e. The predicted octanol–water partition coefficient (Wildman–Crippen LogP) is 4.24. The van der Waals surface area contributed by atoms with Crippen LogP contribution in [0.15, 0.2) is 53.1 Å². The third-order valence-corrected chi connectivity index (χ3v) is 6.25. The van der Waals surface area contributed by atoms with E-state index >= 15 is 0 Å². The molecule has 0 unspecified atom stereocenters. The van der Waals surface area contributed by atoms with E-state index < -0.39 is 5.97 Å². The maximum Gasteiger partial charge on any atom is 0.371 e. The molecule has 0 bridgehead atoms. The number of hydrogen-bond acceptors (Lipinski definition) is 5. The molecule has 7 nitrogen and oxygen atoms in total. The molecule has 1 saturated heterocycles. The number of piperazine rings is 1. The van der Waals surface area contributed by atoms with Crippen LogP contribution in [0.4, 0.5) is 5.69 Å². The van der Waals surface area contributed by atoms with Crippen molar-refractivity contribution in [1.82, 2.24) is 9.88 Å². The number of fused-ring (bicyclic) bond motifs is 2. The van der Waals surface area contributed by atoms with Crippen molar-refractivity contribution in [3.8, 4) is 6.07 Å². The highest BCUT2D eigenvalue weighted by atomic mass is 16.4. The van der Waals surface area contributed by atoms with Gasteiger partial charge >= 0.3 is 5.97 Å². The second-order valence-electron chi connectivity index (χ2n) is 8.26. The Bertz CT molecular complexity index is 1320. The van der Waals surface area contributed by atoms with Gasteiger partial charge in [0.25, 0.3) is 0 Å². The van der Waals surface area contributed by atoms with Crippen LogP contribution in [0.25, 0.3) is 21.9 Å². The Morgan fingerprint density at radius 1 is 1.12 bits per heavy atom. The van der Waals surface area contributed by atoms with Crippen LogP contribution < -0.4 is 4.90 Å². The van der Waals surface area contributed by atoms with Crippen molar-refractivity contribution < 1.29 is 14.3 Å². The number of nitrogens with zero attached hydrogens (tertiary/aromatic N) is 3. The molecule has 0 radical (unpaired) electrons. The fraction of sp³-hybridized carbons (Fsp3) is 0.280. The highest BCUT2D eigenvalue weighted by Gasteiger charge is 2.18. The number of aromatic nitrogens is 1. The predicted molar refractivity (Wildman–Crippen MR) is 123 cm³/mol. The zero-order valence-electron chi connectivity index (χ0n) is 17.7. The summed E-state index contributed by atoms with van der Waals surface area (Å²) < 4.78 is 5.36. The first-order valence-corrected chi connectivity index (χ1v) is 10.8. The van der Waals surface area contributed by atoms with Gasteiger partial charge in [-0.2, -0.15) is 5.26 Å². The van der Waals surface area contributed by atoms with Crippen molar-refractivity contribution in [1.29, 1.82) is 5.26 Å². The molecule has 0 aliphatic carbocycles. The molecule has 1 aliphatic heterocycles. The number of furan rings is 1. The van der Waals surface area contributed by atoms with Gasteiger partial charge in [0.05, 0.1) is 5.56 Å². The number of anilines is 1. The normalized spacial score (nSPS) is 14.8. The molecule has 1 fully saturated rings. The van der Waals surface area contributed by atoms with Crippen LogP contribution in [0.3, 0.4) is 0 Å². The maximum atomic E-state index is 11.1. The summed E-state index contributed by atoms with van der Waals surface area (Å²) in [6.45, 7) is 4.93. The van der Waals surface area contributed by atoms with Gasteiger partial charge in [0.2, 0.25) is 5.76 Å². The number of aromatic carboxylic acids is 1. The van der Waals surface area contributed by atoms with Gasteiger partial charge in [0.1, 0.15) is 11.7 Å². The minimum Gasteiger partial charge on any atom is -0.475 e. The lowest BCUT2D eigenvalue weighted by Crippen LogP contribution is -2.46. The molecule has 0 saturated carbocycles. The molecule has 0 amide bonds. The number of nitriles is 1. The number of H-pyrrole nitrogens is 1. The van der Waals surface area contributed by atoms with Gasteiger partial charge in [-0.05, 0) is 61.3 Å². The van der Waals surface area contributed by atoms with Gasteiger partial charge < -0.3 is 19.4 Å². The molecule has 32 heavy (non-hydrogen) atoms. The monoisotopic (exact) mass is 428 g/mol. The van der Waals surface area contributed by atoms with E-state index in [1.54, 1.807) is 12.3 Å². The van der Waals surface area contributed by atoms with E-state index in [0.717, 1.165) is 67.5 Å². The van der Waals surface area contributed by atoms with Crippen molar-refractivity contribution in [2.24, 2.45) is 0 Å². The lowest BCUT2D eigenvalue weighted by molar-refractivity contribution is 0.0665. The van der Waals surface area contributed by atoms with Gasteiger partial charge in [0.15, 0.2) is 0 Å². The Kier molecular flexibility index (Phi) is 5.29. The summed E-state index contributed by atoms with van der Waals surface area (Å²) in [5, 5.41) is 20.2. The number of rotatable bonds is 6. The van der Waals surface area contributed by atoms with E-state index in [1.807, 2.05) is 18.2 Å². The van der Waals surface area contributed by atoms with Crippen molar-refractivity contribution >= 4 is 33.5 Å². The van der Waals surface area contributed by atoms with Crippen LogP contribution in [-0.2, 0) is 6.42 Å². The SMILES string of the molecule is N#Cc1c[nH]c2ccc(CCCN3CCN(c4ccc5oc(C(=O)O)cc5c4)CC3)cc12.